The molecule has 17 heavy (non-hydrogen) atoms. The fourth-order valence-corrected chi connectivity index (χ4v) is 1.95. The van der Waals surface area contributed by atoms with E-state index in [0.717, 1.165) is 16.4 Å². The van der Waals surface area contributed by atoms with E-state index in [1.165, 1.54) is 11.8 Å². The Labute approximate surface area is 104 Å². The maximum atomic E-state index is 5.66. The predicted molar refractivity (Wildman–Crippen MR) is 67.5 cm³/mol. The molecule has 0 aromatic carbocycles. The minimum Gasteiger partial charge on any atom is -0.384 e. The Morgan fingerprint density at radius 2 is 1.88 bits per heavy atom. The van der Waals surface area contributed by atoms with Gasteiger partial charge >= 0.3 is 0 Å². The molecule has 88 valence electrons. The third-order valence-electron chi connectivity index (χ3n) is 2.01. The summed E-state index contributed by atoms with van der Waals surface area (Å²) < 4.78 is 0. The van der Waals surface area contributed by atoms with Crippen LogP contribution in [-0.2, 0) is 5.75 Å². The van der Waals surface area contributed by atoms with Gasteiger partial charge in [-0.25, -0.2) is 19.9 Å². The molecule has 2 rings (SSSR count). The Balaban J connectivity index is 2.04. The van der Waals surface area contributed by atoms with E-state index in [2.05, 4.69) is 19.9 Å². The first kappa shape index (κ1) is 11.8. The summed E-state index contributed by atoms with van der Waals surface area (Å²) in [7, 11) is 0. The molecular formula is C11H13N5S. The summed E-state index contributed by atoms with van der Waals surface area (Å²) in [4.78, 5) is 16.9. The van der Waals surface area contributed by atoms with Crippen molar-refractivity contribution in [1.29, 1.82) is 0 Å². The maximum absolute atomic E-state index is 5.66. The van der Waals surface area contributed by atoms with E-state index in [0.29, 0.717) is 17.4 Å². The van der Waals surface area contributed by atoms with Crippen LogP contribution in [-0.4, -0.2) is 19.9 Å². The van der Waals surface area contributed by atoms with E-state index >= 15 is 0 Å². The standard InChI is InChI=1S/C11H13N5S/c1-7-4-13-11(14-5-7)17-6-10-15-8(2)3-9(12)16-10/h3-5H,6H2,1-2H3,(H2,12,15,16). The summed E-state index contributed by atoms with van der Waals surface area (Å²) in [5.41, 5.74) is 7.58. The van der Waals surface area contributed by atoms with Gasteiger partial charge in [0.2, 0.25) is 0 Å². The van der Waals surface area contributed by atoms with Crippen LogP contribution in [0.2, 0.25) is 0 Å². The Morgan fingerprint density at radius 1 is 1.18 bits per heavy atom. The largest absolute Gasteiger partial charge is 0.384 e. The van der Waals surface area contributed by atoms with E-state index in [9.17, 15) is 0 Å². The van der Waals surface area contributed by atoms with E-state index in [-0.39, 0.29) is 0 Å². The predicted octanol–water partition coefficient (Wildman–Crippen LogP) is 1.76. The third-order valence-corrected chi connectivity index (χ3v) is 2.88. The maximum Gasteiger partial charge on any atom is 0.187 e. The number of nitrogens with two attached hydrogens (primary N) is 1. The number of nitrogens with zero attached hydrogens (tertiary/aromatic N) is 4. The topological polar surface area (TPSA) is 77.6 Å². The summed E-state index contributed by atoms with van der Waals surface area (Å²) >= 11 is 1.50. The van der Waals surface area contributed by atoms with Crippen LogP contribution in [0.4, 0.5) is 5.82 Å². The van der Waals surface area contributed by atoms with E-state index in [1.54, 1.807) is 18.5 Å². The van der Waals surface area contributed by atoms with Gasteiger partial charge in [-0.3, -0.25) is 0 Å². The average Bonchev–Trinajstić information content (AvgIpc) is 2.27. The van der Waals surface area contributed by atoms with Crippen LogP contribution >= 0.6 is 11.8 Å². The third kappa shape index (κ3) is 3.39. The number of rotatable bonds is 3. The van der Waals surface area contributed by atoms with Crippen molar-refractivity contribution in [2.45, 2.75) is 24.8 Å². The van der Waals surface area contributed by atoms with Gasteiger partial charge in [0.05, 0.1) is 5.75 Å². The Morgan fingerprint density at radius 3 is 2.53 bits per heavy atom. The van der Waals surface area contributed by atoms with Crippen LogP contribution < -0.4 is 5.73 Å². The van der Waals surface area contributed by atoms with Crippen molar-refractivity contribution in [3.63, 3.8) is 0 Å². The molecule has 0 bridgehead atoms. The van der Waals surface area contributed by atoms with Crippen molar-refractivity contribution < 1.29 is 0 Å². The molecule has 2 heterocycles. The molecule has 5 nitrogen and oxygen atoms in total. The van der Waals surface area contributed by atoms with Gasteiger partial charge in [-0.1, -0.05) is 11.8 Å². The highest BCUT2D eigenvalue weighted by Gasteiger charge is 2.03. The van der Waals surface area contributed by atoms with Crippen molar-refractivity contribution in [2.24, 2.45) is 0 Å². The van der Waals surface area contributed by atoms with Gasteiger partial charge in [0.15, 0.2) is 5.16 Å². The van der Waals surface area contributed by atoms with E-state index in [1.807, 2.05) is 13.8 Å². The van der Waals surface area contributed by atoms with Crippen molar-refractivity contribution in [1.82, 2.24) is 19.9 Å². The molecule has 0 aliphatic rings. The molecule has 0 saturated carbocycles. The van der Waals surface area contributed by atoms with Gasteiger partial charge in [-0.15, -0.1) is 0 Å². The average molecular weight is 247 g/mol. The van der Waals surface area contributed by atoms with Crippen molar-refractivity contribution in [3.05, 3.63) is 35.5 Å². The van der Waals surface area contributed by atoms with Gasteiger partial charge in [0, 0.05) is 24.2 Å². The lowest BCUT2D eigenvalue weighted by Gasteiger charge is -2.02. The molecule has 2 aromatic rings. The zero-order valence-corrected chi connectivity index (χ0v) is 10.5. The normalized spacial score (nSPS) is 10.5. The molecule has 2 N–H and O–H groups in total. The molecule has 0 amide bonds. The summed E-state index contributed by atoms with van der Waals surface area (Å²) in [5.74, 6) is 1.82. The molecular weight excluding hydrogens is 234 g/mol. The molecule has 0 aliphatic carbocycles. The second-order valence-corrected chi connectivity index (χ2v) is 4.62. The molecule has 0 spiro atoms. The van der Waals surface area contributed by atoms with Gasteiger partial charge in [0.1, 0.15) is 11.6 Å². The lowest BCUT2D eigenvalue weighted by atomic mass is 10.4. The first-order valence-corrected chi connectivity index (χ1v) is 6.13. The van der Waals surface area contributed by atoms with Crippen LogP contribution in [0.25, 0.3) is 0 Å². The highest BCUT2D eigenvalue weighted by atomic mass is 32.2. The summed E-state index contributed by atoms with van der Waals surface area (Å²) in [5, 5.41) is 0.722. The van der Waals surface area contributed by atoms with Crippen LogP contribution in [0.5, 0.6) is 0 Å². The van der Waals surface area contributed by atoms with Crippen molar-refractivity contribution >= 4 is 17.6 Å². The quantitative estimate of drug-likeness (QED) is 0.657. The Kier molecular flexibility index (Phi) is 3.53. The highest BCUT2D eigenvalue weighted by Crippen LogP contribution is 2.17. The molecule has 0 radical (unpaired) electrons. The number of aromatic nitrogens is 4. The minimum absolute atomic E-state index is 0.498. The number of hydrogen-bond acceptors (Lipinski definition) is 6. The van der Waals surface area contributed by atoms with Gasteiger partial charge in [-0.2, -0.15) is 0 Å². The van der Waals surface area contributed by atoms with Crippen molar-refractivity contribution in [3.8, 4) is 0 Å². The second kappa shape index (κ2) is 5.09. The zero-order chi connectivity index (χ0) is 12.3. The molecule has 0 saturated heterocycles. The molecule has 2 aromatic heterocycles. The van der Waals surface area contributed by atoms with Crippen molar-refractivity contribution in [2.75, 3.05) is 5.73 Å². The second-order valence-electron chi connectivity index (χ2n) is 3.68. The van der Waals surface area contributed by atoms with Crippen LogP contribution in [0.1, 0.15) is 17.1 Å². The lowest BCUT2D eigenvalue weighted by Crippen LogP contribution is -2.00. The lowest BCUT2D eigenvalue weighted by molar-refractivity contribution is 0.941. The SMILES string of the molecule is Cc1cnc(SCc2nc(C)cc(N)n2)nc1. The molecule has 6 heteroatoms. The molecule has 0 fully saturated rings. The summed E-state index contributed by atoms with van der Waals surface area (Å²) in [6, 6.07) is 1.75. The van der Waals surface area contributed by atoms with Gasteiger partial charge in [0.25, 0.3) is 0 Å². The zero-order valence-electron chi connectivity index (χ0n) is 9.71. The molecule has 0 aliphatic heterocycles. The first-order valence-electron chi connectivity index (χ1n) is 5.15. The van der Waals surface area contributed by atoms with Crippen LogP contribution in [0.3, 0.4) is 0 Å². The highest BCUT2D eigenvalue weighted by molar-refractivity contribution is 7.98. The van der Waals surface area contributed by atoms with Crippen LogP contribution in [0.15, 0.2) is 23.6 Å². The smallest absolute Gasteiger partial charge is 0.187 e. The monoisotopic (exact) mass is 247 g/mol. The summed E-state index contributed by atoms with van der Waals surface area (Å²) in [6.07, 6.45) is 3.58. The fourth-order valence-electron chi connectivity index (χ4n) is 1.31. The van der Waals surface area contributed by atoms with Gasteiger partial charge in [-0.05, 0) is 19.4 Å². The number of anilines is 1. The Hall–Kier alpha value is -1.69. The number of thioether (sulfide) groups is 1. The minimum atomic E-state index is 0.498. The number of nitrogen functional groups attached to an aromatic ring is 1. The molecule has 0 unspecified atom stereocenters. The molecule has 0 atom stereocenters. The summed E-state index contributed by atoms with van der Waals surface area (Å²) in [6.45, 7) is 3.85. The van der Waals surface area contributed by atoms with E-state index < -0.39 is 0 Å². The van der Waals surface area contributed by atoms with Gasteiger partial charge < -0.3 is 5.73 Å². The Bertz CT molecular complexity index is 492. The fraction of sp³-hybridized carbons (Fsp3) is 0.273. The van der Waals surface area contributed by atoms with Crippen LogP contribution in [0, 0.1) is 13.8 Å². The first-order chi connectivity index (χ1) is 8.13. The number of aryl methyl sites for hydroxylation is 2. The number of hydrogen-bond donors (Lipinski definition) is 1. The van der Waals surface area contributed by atoms with E-state index in [4.69, 9.17) is 5.73 Å².